The minimum absolute atomic E-state index is 0.431. The number of hydrogen-bond acceptors (Lipinski definition) is 4. The Morgan fingerprint density at radius 3 is 2.58 bits per heavy atom. The highest BCUT2D eigenvalue weighted by atomic mass is 16.5. The Hall–Kier alpha value is -0.650. The molecule has 0 aromatic rings. The molecule has 0 bridgehead atoms. The third-order valence-corrected chi connectivity index (χ3v) is 3.85. The molecular weight excluding hydrogens is 244 g/mol. The number of piperidine rings is 1. The number of likely N-dealkylation sites (tertiary alicyclic amines) is 1. The number of aliphatic carboxylic acids is 1. The van der Waals surface area contributed by atoms with Crippen molar-refractivity contribution in [3.05, 3.63) is 0 Å². The third-order valence-electron chi connectivity index (χ3n) is 3.85. The monoisotopic (exact) mass is 272 g/mol. The zero-order chi connectivity index (χ0) is 14.3. The van der Waals surface area contributed by atoms with Crippen LogP contribution in [0.1, 0.15) is 46.0 Å². The van der Waals surface area contributed by atoms with Gasteiger partial charge in [-0.3, -0.25) is 4.79 Å². The number of nitrogens with two attached hydrogens (primary N) is 1. The van der Waals surface area contributed by atoms with Gasteiger partial charge in [-0.05, 0) is 52.5 Å². The number of carboxylic acids is 1. The van der Waals surface area contributed by atoms with Gasteiger partial charge >= 0.3 is 5.97 Å². The molecule has 1 aliphatic heterocycles. The summed E-state index contributed by atoms with van der Waals surface area (Å²) in [5, 5.41) is 8.92. The second kappa shape index (κ2) is 7.82. The standard InChI is InChI=1S/C14H28N2O3/c1-3-19-12-6-10-16(11-7-12)9-5-4-8-14(2,15)13(17)18/h12H,3-11,15H2,1-2H3,(H,17,18). The molecule has 1 fully saturated rings. The second-order valence-electron chi connectivity index (χ2n) is 5.68. The van der Waals surface area contributed by atoms with Crippen LogP contribution < -0.4 is 5.73 Å². The van der Waals surface area contributed by atoms with Crippen molar-refractivity contribution < 1.29 is 14.6 Å². The topological polar surface area (TPSA) is 75.8 Å². The molecule has 19 heavy (non-hydrogen) atoms. The molecule has 1 unspecified atom stereocenters. The van der Waals surface area contributed by atoms with Crippen molar-refractivity contribution in [2.24, 2.45) is 5.73 Å². The van der Waals surface area contributed by atoms with Gasteiger partial charge in [0.2, 0.25) is 0 Å². The average Bonchev–Trinajstić information content (AvgIpc) is 2.37. The lowest BCUT2D eigenvalue weighted by molar-refractivity contribution is -0.142. The van der Waals surface area contributed by atoms with Crippen molar-refractivity contribution in [2.45, 2.75) is 57.6 Å². The van der Waals surface area contributed by atoms with Crippen LogP contribution in [0.5, 0.6) is 0 Å². The summed E-state index contributed by atoms with van der Waals surface area (Å²) in [5.41, 5.74) is 4.62. The Kier molecular flexibility index (Phi) is 6.75. The van der Waals surface area contributed by atoms with E-state index < -0.39 is 11.5 Å². The van der Waals surface area contributed by atoms with Crippen LogP contribution in [0, 0.1) is 0 Å². The maximum Gasteiger partial charge on any atom is 0.323 e. The summed E-state index contributed by atoms with van der Waals surface area (Å²) in [6.07, 6.45) is 5.07. The molecule has 0 radical (unpaired) electrons. The van der Waals surface area contributed by atoms with Crippen LogP contribution in [0.15, 0.2) is 0 Å². The molecule has 0 aliphatic carbocycles. The summed E-state index contributed by atoms with van der Waals surface area (Å²) >= 11 is 0. The van der Waals surface area contributed by atoms with Crippen LogP contribution in [-0.4, -0.2) is 53.9 Å². The van der Waals surface area contributed by atoms with Gasteiger partial charge in [0.15, 0.2) is 0 Å². The molecule has 3 N–H and O–H groups in total. The first-order chi connectivity index (χ1) is 8.95. The number of rotatable bonds is 8. The first-order valence-corrected chi connectivity index (χ1v) is 7.32. The van der Waals surface area contributed by atoms with Crippen LogP contribution in [-0.2, 0) is 9.53 Å². The molecule has 0 amide bonds. The lowest BCUT2D eigenvalue weighted by Crippen LogP contribution is -2.44. The van der Waals surface area contributed by atoms with E-state index in [0.29, 0.717) is 12.5 Å². The minimum atomic E-state index is -1.08. The zero-order valence-corrected chi connectivity index (χ0v) is 12.2. The molecule has 5 heteroatoms. The van der Waals surface area contributed by atoms with Crippen molar-refractivity contribution in [1.82, 2.24) is 4.90 Å². The molecule has 112 valence electrons. The van der Waals surface area contributed by atoms with Crippen LogP contribution in [0.25, 0.3) is 0 Å². The lowest BCUT2D eigenvalue weighted by Gasteiger charge is -2.31. The van der Waals surface area contributed by atoms with E-state index in [-0.39, 0.29) is 0 Å². The molecule has 1 heterocycles. The van der Waals surface area contributed by atoms with Crippen LogP contribution in [0.3, 0.4) is 0 Å². The Morgan fingerprint density at radius 2 is 2.05 bits per heavy atom. The van der Waals surface area contributed by atoms with E-state index >= 15 is 0 Å². The van der Waals surface area contributed by atoms with E-state index in [4.69, 9.17) is 15.6 Å². The van der Waals surface area contributed by atoms with Crippen molar-refractivity contribution >= 4 is 5.97 Å². The molecule has 1 rings (SSSR count). The van der Waals surface area contributed by atoms with Gasteiger partial charge in [0, 0.05) is 19.7 Å². The van der Waals surface area contributed by atoms with E-state index in [1.165, 1.54) is 0 Å². The summed E-state index contributed by atoms with van der Waals surface area (Å²) in [5.74, 6) is -0.912. The lowest BCUT2D eigenvalue weighted by atomic mass is 9.96. The fourth-order valence-electron chi connectivity index (χ4n) is 2.47. The largest absolute Gasteiger partial charge is 0.480 e. The number of nitrogens with zero attached hydrogens (tertiary/aromatic N) is 1. The Bertz CT molecular complexity index is 274. The van der Waals surface area contributed by atoms with E-state index in [1.807, 2.05) is 6.92 Å². The zero-order valence-electron chi connectivity index (χ0n) is 12.2. The summed E-state index contributed by atoms with van der Waals surface area (Å²) in [6.45, 7) is 7.64. The van der Waals surface area contributed by atoms with Gasteiger partial charge < -0.3 is 20.5 Å². The van der Waals surface area contributed by atoms with Gasteiger partial charge in [-0.2, -0.15) is 0 Å². The Labute approximate surface area is 116 Å². The fourth-order valence-corrected chi connectivity index (χ4v) is 2.47. The highest BCUT2D eigenvalue weighted by Gasteiger charge is 2.27. The van der Waals surface area contributed by atoms with Gasteiger partial charge in [0.05, 0.1) is 6.10 Å². The maximum atomic E-state index is 10.9. The molecular formula is C14H28N2O3. The third kappa shape index (κ3) is 5.89. The average molecular weight is 272 g/mol. The molecule has 5 nitrogen and oxygen atoms in total. The van der Waals surface area contributed by atoms with Gasteiger partial charge in [0.1, 0.15) is 5.54 Å². The normalized spacial score (nSPS) is 21.2. The molecule has 1 saturated heterocycles. The highest BCUT2D eigenvalue weighted by Crippen LogP contribution is 2.16. The van der Waals surface area contributed by atoms with Crippen molar-refractivity contribution in [3.63, 3.8) is 0 Å². The molecule has 0 spiro atoms. The van der Waals surface area contributed by atoms with Crippen LogP contribution in [0.2, 0.25) is 0 Å². The quantitative estimate of drug-likeness (QED) is 0.654. The van der Waals surface area contributed by atoms with E-state index in [0.717, 1.165) is 51.9 Å². The fraction of sp³-hybridized carbons (Fsp3) is 0.929. The van der Waals surface area contributed by atoms with Crippen LogP contribution in [0.4, 0.5) is 0 Å². The van der Waals surface area contributed by atoms with E-state index in [2.05, 4.69) is 4.90 Å². The predicted octanol–water partition coefficient (Wildman–Crippen LogP) is 1.46. The summed E-state index contributed by atoms with van der Waals surface area (Å²) in [7, 11) is 0. The van der Waals surface area contributed by atoms with Gasteiger partial charge in [-0.25, -0.2) is 0 Å². The molecule has 0 saturated carbocycles. The summed E-state index contributed by atoms with van der Waals surface area (Å²) in [6, 6.07) is 0. The molecule has 0 aromatic carbocycles. The van der Waals surface area contributed by atoms with Gasteiger partial charge in [-0.15, -0.1) is 0 Å². The number of hydrogen-bond donors (Lipinski definition) is 2. The molecule has 1 aliphatic rings. The van der Waals surface area contributed by atoms with Crippen LogP contribution >= 0.6 is 0 Å². The first kappa shape index (κ1) is 16.4. The SMILES string of the molecule is CCOC1CCN(CCCCC(C)(N)C(=O)O)CC1. The number of unbranched alkanes of at least 4 members (excludes halogenated alkanes) is 1. The smallest absolute Gasteiger partial charge is 0.323 e. The Balaban J connectivity index is 2.10. The first-order valence-electron chi connectivity index (χ1n) is 7.32. The maximum absolute atomic E-state index is 10.9. The van der Waals surface area contributed by atoms with E-state index in [9.17, 15) is 4.79 Å². The van der Waals surface area contributed by atoms with Crippen molar-refractivity contribution in [3.8, 4) is 0 Å². The second-order valence-corrected chi connectivity index (χ2v) is 5.68. The summed E-state index contributed by atoms with van der Waals surface area (Å²) in [4.78, 5) is 13.3. The highest BCUT2D eigenvalue weighted by molar-refractivity contribution is 5.77. The van der Waals surface area contributed by atoms with Crippen molar-refractivity contribution in [1.29, 1.82) is 0 Å². The van der Waals surface area contributed by atoms with Gasteiger partial charge in [0.25, 0.3) is 0 Å². The van der Waals surface area contributed by atoms with Gasteiger partial charge in [-0.1, -0.05) is 0 Å². The number of carboxylic acid groups (broad SMARTS) is 1. The Morgan fingerprint density at radius 1 is 1.42 bits per heavy atom. The molecule has 1 atom stereocenters. The number of ether oxygens (including phenoxy) is 1. The number of carbonyl (C=O) groups is 1. The van der Waals surface area contributed by atoms with E-state index in [1.54, 1.807) is 6.92 Å². The van der Waals surface area contributed by atoms with Crippen molar-refractivity contribution in [2.75, 3.05) is 26.2 Å². The molecule has 0 aromatic heterocycles. The predicted molar refractivity (Wildman–Crippen MR) is 75.2 cm³/mol. The summed E-state index contributed by atoms with van der Waals surface area (Å²) < 4.78 is 5.62. The minimum Gasteiger partial charge on any atom is -0.480 e.